The molecule has 0 heterocycles. The Morgan fingerprint density at radius 2 is 1.75 bits per heavy atom. The Morgan fingerprint density at radius 3 is 2.40 bits per heavy atom. The molecule has 2 rings (SSSR count). The van der Waals surface area contributed by atoms with E-state index in [9.17, 15) is 18.3 Å². The molecule has 1 atom stereocenters. The molecule has 1 aromatic carbocycles. The normalized spacial score (nSPS) is 27.1. The molecule has 1 aliphatic rings. The van der Waals surface area contributed by atoms with E-state index in [1.165, 1.54) is 6.07 Å². The Bertz CT molecular complexity index is 479. The van der Waals surface area contributed by atoms with E-state index in [0.29, 0.717) is 18.4 Å². The summed E-state index contributed by atoms with van der Waals surface area (Å²) in [6.45, 7) is 4.29. The Hall–Kier alpha value is -1.03. The minimum atomic E-state index is -4.36. The highest BCUT2D eigenvalue weighted by molar-refractivity contribution is 5.30. The van der Waals surface area contributed by atoms with Gasteiger partial charge in [0.15, 0.2) is 0 Å². The summed E-state index contributed by atoms with van der Waals surface area (Å²) in [5.41, 5.74) is -1.28. The molecule has 0 bridgehead atoms. The second kappa shape index (κ2) is 5.06. The molecule has 1 aromatic rings. The minimum absolute atomic E-state index is 0.145. The molecule has 1 saturated carbocycles. The molecule has 1 unspecified atom stereocenters. The first-order valence-corrected chi connectivity index (χ1v) is 7.03. The highest BCUT2D eigenvalue weighted by atomic mass is 19.4. The van der Waals surface area contributed by atoms with Crippen molar-refractivity contribution in [1.29, 1.82) is 0 Å². The van der Waals surface area contributed by atoms with Crippen LogP contribution in [0, 0.1) is 5.41 Å². The van der Waals surface area contributed by atoms with Crippen LogP contribution in [0.25, 0.3) is 0 Å². The smallest absolute Gasteiger partial charge is 0.385 e. The zero-order valence-electron chi connectivity index (χ0n) is 11.9. The van der Waals surface area contributed by atoms with Gasteiger partial charge in [-0.25, -0.2) is 0 Å². The average molecular weight is 286 g/mol. The van der Waals surface area contributed by atoms with Gasteiger partial charge in [-0.05, 0) is 55.2 Å². The summed E-state index contributed by atoms with van der Waals surface area (Å²) in [7, 11) is 0. The van der Waals surface area contributed by atoms with Gasteiger partial charge < -0.3 is 5.11 Å². The quantitative estimate of drug-likeness (QED) is 0.729. The van der Waals surface area contributed by atoms with Crippen LogP contribution in [0.4, 0.5) is 13.2 Å². The predicted octanol–water partition coefficient (Wildman–Crippen LogP) is 4.88. The third kappa shape index (κ3) is 3.35. The minimum Gasteiger partial charge on any atom is -0.385 e. The van der Waals surface area contributed by atoms with Crippen LogP contribution >= 0.6 is 0 Å². The Balaban J connectivity index is 2.30. The van der Waals surface area contributed by atoms with Gasteiger partial charge in [-0.3, -0.25) is 0 Å². The van der Waals surface area contributed by atoms with Gasteiger partial charge in [0.25, 0.3) is 0 Å². The van der Waals surface area contributed by atoms with E-state index in [4.69, 9.17) is 0 Å². The van der Waals surface area contributed by atoms with E-state index in [0.717, 1.165) is 31.4 Å². The van der Waals surface area contributed by atoms with Gasteiger partial charge >= 0.3 is 6.18 Å². The number of hydrogen-bond donors (Lipinski definition) is 1. The van der Waals surface area contributed by atoms with Crippen molar-refractivity contribution in [3.63, 3.8) is 0 Å². The van der Waals surface area contributed by atoms with Crippen LogP contribution in [0.2, 0.25) is 0 Å². The molecule has 0 aromatic heterocycles. The third-order valence-electron chi connectivity index (χ3n) is 4.39. The summed E-state index contributed by atoms with van der Waals surface area (Å²) in [6.07, 6.45) is -0.677. The van der Waals surface area contributed by atoms with Crippen LogP contribution in [-0.4, -0.2) is 5.11 Å². The van der Waals surface area contributed by atoms with E-state index in [1.54, 1.807) is 6.07 Å². The maximum absolute atomic E-state index is 12.8. The lowest BCUT2D eigenvalue weighted by Gasteiger charge is -2.29. The van der Waals surface area contributed by atoms with Crippen molar-refractivity contribution in [2.75, 3.05) is 0 Å². The number of aliphatic hydroxyl groups is 1. The lowest BCUT2D eigenvalue weighted by molar-refractivity contribution is -0.137. The Labute approximate surface area is 117 Å². The highest BCUT2D eigenvalue weighted by Gasteiger charge is 2.37. The number of halogens is 3. The van der Waals surface area contributed by atoms with Crippen molar-refractivity contribution >= 4 is 0 Å². The first-order valence-electron chi connectivity index (χ1n) is 7.03. The number of benzene rings is 1. The van der Waals surface area contributed by atoms with Crippen molar-refractivity contribution in [3.8, 4) is 0 Å². The van der Waals surface area contributed by atoms with E-state index in [-0.39, 0.29) is 5.41 Å². The topological polar surface area (TPSA) is 20.2 Å². The molecule has 1 nitrogen and oxygen atoms in total. The average Bonchev–Trinajstić information content (AvgIpc) is 2.49. The summed E-state index contributed by atoms with van der Waals surface area (Å²) in [6, 6.07) is 5.13. The first kappa shape index (κ1) is 15.4. The maximum Gasteiger partial charge on any atom is 0.416 e. The SMILES string of the molecule is CC1(C)CCCC(O)(c2cccc(C(F)(F)F)c2)CC1. The number of hydrogen-bond acceptors (Lipinski definition) is 1. The van der Waals surface area contributed by atoms with Gasteiger partial charge in [0, 0.05) is 0 Å². The zero-order valence-corrected chi connectivity index (χ0v) is 11.9. The number of rotatable bonds is 1. The van der Waals surface area contributed by atoms with Gasteiger partial charge in [0.2, 0.25) is 0 Å². The van der Waals surface area contributed by atoms with Gasteiger partial charge in [-0.2, -0.15) is 13.2 Å². The van der Waals surface area contributed by atoms with Gasteiger partial charge in [0.05, 0.1) is 11.2 Å². The van der Waals surface area contributed by atoms with Gasteiger partial charge in [-0.15, -0.1) is 0 Å². The van der Waals surface area contributed by atoms with Crippen LogP contribution in [-0.2, 0) is 11.8 Å². The van der Waals surface area contributed by atoms with Crippen LogP contribution < -0.4 is 0 Å². The second-order valence-corrected chi connectivity index (χ2v) is 6.63. The maximum atomic E-state index is 12.8. The van der Waals surface area contributed by atoms with Crippen LogP contribution in [0.3, 0.4) is 0 Å². The lowest BCUT2D eigenvalue weighted by Crippen LogP contribution is -2.26. The van der Waals surface area contributed by atoms with Gasteiger partial charge in [-0.1, -0.05) is 26.0 Å². The molecule has 4 heteroatoms. The fraction of sp³-hybridized carbons (Fsp3) is 0.625. The molecule has 0 saturated heterocycles. The third-order valence-corrected chi connectivity index (χ3v) is 4.39. The Morgan fingerprint density at radius 1 is 1.05 bits per heavy atom. The standard InChI is InChI=1S/C16H21F3O/c1-14(2)7-4-8-15(20,10-9-14)12-5-3-6-13(11-12)16(17,18)19/h3,5-6,11,20H,4,7-10H2,1-2H3. The van der Waals surface area contributed by atoms with Crippen molar-refractivity contribution in [1.82, 2.24) is 0 Å². The zero-order chi connectivity index (χ0) is 15.0. The summed E-state index contributed by atoms with van der Waals surface area (Å²) in [4.78, 5) is 0. The molecule has 0 spiro atoms. The van der Waals surface area contributed by atoms with Crippen LogP contribution in [0.5, 0.6) is 0 Å². The molecule has 0 aliphatic heterocycles. The summed E-state index contributed by atoms with van der Waals surface area (Å²) >= 11 is 0. The van der Waals surface area contributed by atoms with Crippen molar-refractivity contribution in [3.05, 3.63) is 35.4 Å². The number of alkyl halides is 3. The molecule has 1 aliphatic carbocycles. The van der Waals surface area contributed by atoms with Crippen molar-refractivity contribution in [2.24, 2.45) is 5.41 Å². The van der Waals surface area contributed by atoms with Crippen molar-refractivity contribution in [2.45, 2.75) is 57.7 Å². The van der Waals surface area contributed by atoms with E-state index in [2.05, 4.69) is 13.8 Å². The van der Waals surface area contributed by atoms with E-state index >= 15 is 0 Å². The van der Waals surface area contributed by atoms with Gasteiger partial charge in [0.1, 0.15) is 0 Å². The predicted molar refractivity (Wildman–Crippen MR) is 72.2 cm³/mol. The largest absolute Gasteiger partial charge is 0.416 e. The molecule has 20 heavy (non-hydrogen) atoms. The lowest BCUT2D eigenvalue weighted by atomic mass is 9.82. The molecule has 0 radical (unpaired) electrons. The van der Waals surface area contributed by atoms with Crippen LogP contribution in [0.15, 0.2) is 24.3 Å². The highest BCUT2D eigenvalue weighted by Crippen LogP contribution is 2.43. The van der Waals surface area contributed by atoms with Crippen LogP contribution in [0.1, 0.15) is 57.1 Å². The molecular weight excluding hydrogens is 265 g/mol. The molecule has 1 N–H and O–H groups in total. The van der Waals surface area contributed by atoms with E-state index < -0.39 is 17.3 Å². The summed E-state index contributed by atoms with van der Waals surface area (Å²) in [5.74, 6) is 0. The molecule has 112 valence electrons. The molecule has 1 fully saturated rings. The first-order chi connectivity index (χ1) is 9.12. The summed E-state index contributed by atoms with van der Waals surface area (Å²) < 4.78 is 38.3. The summed E-state index contributed by atoms with van der Waals surface area (Å²) in [5, 5.41) is 10.8. The van der Waals surface area contributed by atoms with Crippen molar-refractivity contribution < 1.29 is 18.3 Å². The fourth-order valence-electron chi connectivity index (χ4n) is 2.93. The second-order valence-electron chi connectivity index (χ2n) is 6.63. The molecule has 0 amide bonds. The molecular formula is C16H21F3O. The Kier molecular flexibility index (Phi) is 3.89. The van der Waals surface area contributed by atoms with E-state index in [1.807, 2.05) is 0 Å². The fourth-order valence-corrected chi connectivity index (χ4v) is 2.93. The monoisotopic (exact) mass is 286 g/mol.